The molecule has 1 N–H and O–H groups in total. The first-order valence-electron chi connectivity index (χ1n) is 6.62. The van der Waals surface area contributed by atoms with Gasteiger partial charge >= 0.3 is 0 Å². The van der Waals surface area contributed by atoms with Crippen LogP contribution in [0.15, 0.2) is 36.4 Å². The Morgan fingerprint density at radius 1 is 1.25 bits per heavy atom. The number of methoxy groups -OCH3 is 1. The normalized spacial score (nSPS) is 12.2. The van der Waals surface area contributed by atoms with Crippen LogP contribution < -0.4 is 4.74 Å². The zero-order valence-electron chi connectivity index (χ0n) is 11.7. The first-order valence-corrected chi connectivity index (χ1v) is 7.00. The fourth-order valence-corrected chi connectivity index (χ4v) is 2.29. The number of aliphatic hydroxyl groups excluding tert-OH is 1. The van der Waals surface area contributed by atoms with Crippen molar-refractivity contribution in [2.45, 2.75) is 25.9 Å². The monoisotopic (exact) mass is 289 g/mol. The van der Waals surface area contributed by atoms with Crippen molar-refractivity contribution in [1.82, 2.24) is 0 Å². The highest BCUT2D eigenvalue weighted by Gasteiger charge is 2.11. The SMILES string of the molecule is COc1c(CCC(C)O)c[c]cc1-c1ccc(Cl)cc1. The van der Waals surface area contributed by atoms with E-state index < -0.39 is 0 Å². The van der Waals surface area contributed by atoms with Gasteiger partial charge in [0.1, 0.15) is 5.75 Å². The summed E-state index contributed by atoms with van der Waals surface area (Å²) in [5, 5.41) is 10.1. The fraction of sp³-hybridized carbons (Fsp3) is 0.294. The summed E-state index contributed by atoms with van der Waals surface area (Å²) < 4.78 is 5.56. The maximum Gasteiger partial charge on any atom is 0.129 e. The fourth-order valence-electron chi connectivity index (χ4n) is 2.16. The largest absolute Gasteiger partial charge is 0.496 e. The lowest BCUT2D eigenvalue weighted by Crippen LogP contribution is -2.03. The van der Waals surface area contributed by atoms with E-state index >= 15 is 0 Å². The van der Waals surface area contributed by atoms with E-state index in [0.717, 1.165) is 28.9 Å². The van der Waals surface area contributed by atoms with Crippen LogP contribution in [0, 0.1) is 6.07 Å². The van der Waals surface area contributed by atoms with Gasteiger partial charge in [0.15, 0.2) is 0 Å². The number of hydrogen-bond donors (Lipinski definition) is 1. The lowest BCUT2D eigenvalue weighted by atomic mass is 9.98. The number of hydrogen-bond acceptors (Lipinski definition) is 2. The Bertz CT molecular complexity index is 562. The molecule has 2 aromatic carbocycles. The molecular weight excluding hydrogens is 272 g/mol. The smallest absolute Gasteiger partial charge is 0.129 e. The van der Waals surface area contributed by atoms with Crippen LogP contribution >= 0.6 is 11.6 Å². The zero-order chi connectivity index (χ0) is 14.5. The molecule has 105 valence electrons. The highest BCUT2D eigenvalue weighted by molar-refractivity contribution is 6.30. The van der Waals surface area contributed by atoms with E-state index in [1.54, 1.807) is 14.0 Å². The molecule has 0 heterocycles. The molecular formula is C17H18ClO2. The number of ether oxygens (including phenoxy) is 1. The van der Waals surface area contributed by atoms with Gasteiger partial charge in [-0.25, -0.2) is 0 Å². The van der Waals surface area contributed by atoms with Gasteiger partial charge in [-0.05, 0) is 61.2 Å². The predicted octanol–water partition coefficient (Wildman–Crippen LogP) is 4.13. The third-order valence-electron chi connectivity index (χ3n) is 3.21. The Kier molecular flexibility index (Phi) is 5.05. The predicted molar refractivity (Wildman–Crippen MR) is 82.3 cm³/mol. The van der Waals surface area contributed by atoms with Crippen molar-refractivity contribution >= 4 is 11.6 Å². The van der Waals surface area contributed by atoms with E-state index in [4.69, 9.17) is 16.3 Å². The standard InChI is InChI=1S/C17H18ClO2/c1-12(19)6-7-14-4-3-5-16(17(14)20-2)13-8-10-15(18)11-9-13/h4-5,8-12,19H,6-7H2,1-2H3. The van der Waals surface area contributed by atoms with Crippen molar-refractivity contribution in [2.24, 2.45) is 0 Å². The molecule has 1 radical (unpaired) electrons. The molecule has 0 amide bonds. The van der Waals surface area contributed by atoms with Crippen molar-refractivity contribution in [3.05, 3.63) is 53.1 Å². The Balaban J connectivity index is 2.38. The van der Waals surface area contributed by atoms with Gasteiger partial charge in [-0.2, -0.15) is 0 Å². The van der Waals surface area contributed by atoms with Crippen LogP contribution in [0.1, 0.15) is 18.9 Å². The second kappa shape index (κ2) is 6.78. The van der Waals surface area contributed by atoms with Crippen molar-refractivity contribution in [3.8, 4) is 16.9 Å². The van der Waals surface area contributed by atoms with E-state index in [2.05, 4.69) is 6.07 Å². The van der Waals surface area contributed by atoms with Crippen LogP contribution in [0.4, 0.5) is 0 Å². The number of aliphatic hydroxyl groups is 1. The molecule has 0 aliphatic heterocycles. The molecule has 0 bridgehead atoms. The van der Waals surface area contributed by atoms with E-state index in [0.29, 0.717) is 11.4 Å². The van der Waals surface area contributed by atoms with Gasteiger partial charge in [0.05, 0.1) is 13.2 Å². The molecule has 0 aromatic heterocycles. The summed E-state index contributed by atoms with van der Waals surface area (Å²) in [6, 6.07) is 14.6. The summed E-state index contributed by atoms with van der Waals surface area (Å²) in [4.78, 5) is 0. The third kappa shape index (κ3) is 3.53. The summed E-state index contributed by atoms with van der Waals surface area (Å²) in [6.07, 6.45) is 1.14. The molecule has 0 saturated heterocycles. The van der Waals surface area contributed by atoms with Gasteiger partial charge < -0.3 is 9.84 Å². The van der Waals surface area contributed by atoms with Gasteiger partial charge in [-0.1, -0.05) is 23.7 Å². The van der Waals surface area contributed by atoms with E-state index in [1.165, 1.54) is 0 Å². The third-order valence-corrected chi connectivity index (χ3v) is 3.46. The number of aryl methyl sites for hydroxylation is 1. The second-order valence-corrected chi connectivity index (χ2v) is 5.26. The number of benzene rings is 2. The average molecular weight is 290 g/mol. The van der Waals surface area contributed by atoms with Crippen molar-refractivity contribution < 1.29 is 9.84 Å². The minimum absolute atomic E-state index is 0.320. The van der Waals surface area contributed by atoms with Gasteiger partial charge in [0, 0.05) is 10.6 Å². The lowest BCUT2D eigenvalue weighted by Gasteiger charge is -2.14. The summed E-state index contributed by atoms with van der Waals surface area (Å²) in [5.74, 6) is 0.840. The molecule has 2 nitrogen and oxygen atoms in total. The van der Waals surface area contributed by atoms with Crippen LogP contribution in [-0.2, 0) is 6.42 Å². The van der Waals surface area contributed by atoms with Crippen molar-refractivity contribution in [1.29, 1.82) is 0 Å². The molecule has 1 atom stereocenters. The van der Waals surface area contributed by atoms with Gasteiger partial charge in [-0.3, -0.25) is 0 Å². The van der Waals surface area contributed by atoms with E-state index in [9.17, 15) is 5.11 Å². The minimum atomic E-state index is -0.320. The second-order valence-electron chi connectivity index (χ2n) is 4.82. The molecule has 0 fully saturated rings. The van der Waals surface area contributed by atoms with Gasteiger partial charge in [0.25, 0.3) is 0 Å². The molecule has 0 spiro atoms. The Morgan fingerprint density at radius 3 is 2.55 bits per heavy atom. The maximum absolute atomic E-state index is 9.43. The van der Waals surface area contributed by atoms with E-state index in [-0.39, 0.29) is 6.10 Å². The zero-order valence-corrected chi connectivity index (χ0v) is 12.4. The van der Waals surface area contributed by atoms with Crippen LogP contribution in [0.5, 0.6) is 5.75 Å². The van der Waals surface area contributed by atoms with Crippen LogP contribution in [0.3, 0.4) is 0 Å². The molecule has 0 aliphatic rings. The number of halogens is 1. The highest BCUT2D eigenvalue weighted by atomic mass is 35.5. The summed E-state index contributed by atoms with van der Waals surface area (Å²) >= 11 is 5.92. The van der Waals surface area contributed by atoms with E-state index in [1.807, 2.05) is 36.4 Å². The Labute approximate surface area is 125 Å². The molecule has 2 aromatic rings. The first-order chi connectivity index (χ1) is 9.61. The Morgan fingerprint density at radius 2 is 1.95 bits per heavy atom. The number of rotatable bonds is 5. The lowest BCUT2D eigenvalue weighted by molar-refractivity contribution is 0.184. The maximum atomic E-state index is 9.43. The summed E-state index contributed by atoms with van der Waals surface area (Å²) in [7, 11) is 1.67. The molecule has 3 heteroatoms. The van der Waals surface area contributed by atoms with Crippen LogP contribution in [0.25, 0.3) is 11.1 Å². The van der Waals surface area contributed by atoms with Gasteiger partial charge in [-0.15, -0.1) is 0 Å². The average Bonchev–Trinajstić information content (AvgIpc) is 2.45. The van der Waals surface area contributed by atoms with Crippen molar-refractivity contribution in [2.75, 3.05) is 7.11 Å². The Hall–Kier alpha value is -1.51. The molecule has 1 unspecified atom stereocenters. The summed E-state index contributed by atoms with van der Waals surface area (Å²) in [5.41, 5.74) is 3.09. The van der Waals surface area contributed by atoms with Gasteiger partial charge in [0.2, 0.25) is 0 Å². The quantitative estimate of drug-likeness (QED) is 0.897. The summed E-state index contributed by atoms with van der Waals surface area (Å²) in [6.45, 7) is 1.79. The molecule has 0 saturated carbocycles. The molecule has 2 rings (SSSR count). The van der Waals surface area contributed by atoms with Crippen molar-refractivity contribution in [3.63, 3.8) is 0 Å². The first kappa shape index (κ1) is 14.9. The topological polar surface area (TPSA) is 29.5 Å². The van der Waals surface area contributed by atoms with Crippen LogP contribution in [-0.4, -0.2) is 18.3 Å². The highest BCUT2D eigenvalue weighted by Crippen LogP contribution is 2.34. The van der Waals surface area contributed by atoms with Crippen LogP contribution in [0.2, 0.25) is 5.02 Å². The minimum Gasteiger partial charge on any atom is -0.496 e. The molecule has 20 heavy (non-hydrogen) atoms. The molecule has 0 aliphatic carbocycles.